The highest BCUT2D eigenvalue weighted by Gasteiger charge is 2.30. The van der Waals surface area contributed by atoms with Gasteiger partial charge in [0.2, 0.25) is 0 Å². The smallest absolute Gasteiger partial charge is 0.308 e. The van der Waals surface area contributed by atoms with Crippen molar-refractivity contribution < 1.29 is 14.6 Å². The molecule has 1 aliphatic heterocycles. The van der Waals surface area contributed by atoms with Crippen LogP contribution in [0.4, 0.5) is 0 Å². The first-order valence-electron chi connectivity index (χ1n) is 6.30. The average molecular weight is 330 g/mol. The molecule has 0 amide bonds. The van der Waals surface area contributed by atoms with Crippen LogP contribution in [-0.2, 0) is 11.2 Å². The molecule has 0 spiro atoms. The summed E-state index contributed by atoms with van der Waals surface area (Å²) in [4.78, 5) is 11.2. The molecule has 2 N–H and O–H groups in total. The number of rotatable bonds is 4. The van der Waals surface area contributed by atoms with Crippen molar-refractivity contribution in [2.75, 3.05) is 13.7 Å². The fraction of sp³-hybridized carbons (Fsp3) is 0.500. The van der Waals surface area contributed by atoms with Crippen LogP contribution in [0.15, 0.2) is 24.3 Å². The summed E-state index contributed by atoms with van der Waals surface area (Å²) in [5, 5.41) is 12.5. The Morgan fingerprint density at radius 2 is 2.11 bits per heavy atom. The quantitative estimate of drug-likeness (QED) is 0.889. The normalized spacial score (nSPS) is 22.4. The molecule has 1 heterocycles. The number of hydrogen-bond acceptors (Lipinski definition) is 3. The molecular weight excluding hydrogens is 310 g/mol. The minimum Gasteiger partial charge on any atom is -0.497 e. The van der Waals surface area contributed by atoms with E-state index in [0.29, 0.717) is 0 Å². The Labute approximate surface area is 123 Å². The van der Waals surface area contributed by atoms with Crippen LogP contribution in [0.1, 0.15) is 18.4 Å². The molecule has 1 fully saturated rings. The predicted molar refractivity (Wildman–Crippen MR) is 79.2 cm³/mol. The van der Waals surface area contributed by atoms with Gasteiger partial charge in [-0.05, 0) is 43.5 Å². The van der Waals surface area contributed by atoms with Gasteiger partial charge >= 0.3 is 5.97 Å². The maximum Gasteiger partial charge on any atom is 0.308 e. The molecule has 1 aromatic rings. The first-order valence-corrected chi connectivity index (χ1v) is 6.30. The number of benzene rings is 1. The van der Waals surface area contributed by atoms with Gasteiger partial charge in [-0.25, -0.2) is 0 Å². The third-order valence-electron chi connectivity index (χ3n) is 3.52. The van der Waals surface area contributed by atoms with Crippen LogP contribution >= 0.6 is 17.0 Å². The highest BCUT2D eigenvalue weighted by molar-refractivity contribution is 8.93. The van der Waals surface area contributed by atoms with Gasteiger partial charge in [0.1, 0.15) is 5.75 Å². The molecule has 5 heteroatoms. The number of carboxylic acids is 1. The number of halogens is 1. The van der Waals surface area contributed by atoms with Gasteiger partial charge in [-0.3, -0.25) is 4.79 Å². The highest BCUT2D eigenvalue weighted by atomic mass is 79.9. The Morgan fingerprint density at radius 3 is 2.68 bits per heavy atom. The van der Waals surface area contributed by atoms with Gasteiger partial charge in [-0.15, -0.1) is 17.0 Å². The molecule has 106 valence electrons. The second-order valence-corrected chi connectivity index (χ2v) is 4.70. The van der Waals surface area contributed by atoms with Gasteiger partial charge in [0.05, 0.1) is 13.0 Å². The van der Waals surface area contributed by atoms with E-state index in [1.165, 1.54) is 0 Å². The van der Waals surface area contributed by atoms with Gasteiger partial charge in [0.25, 0.3) is 0 Å². The van der Waals surface area contributed by atoms with Crippen LogP contribution in [0.2, 0.25) is 0 Å². The summed E-state index contributed by atoms with van der Waals surface area (Å²) in [5.74, 6) is -0.147. The standard InChI is InChI=1S/C14H19NO3.BrH/c1-18-11-6-4-10(5-7-11)9-13-12(14(16)17)3-2-8-15-13;/h4-7,12-13,15H,2-3,8-9H2,1H3,(H,16,17);1H/t12-,13-;/m1./s1. The van der Waals surface area contributed by atoms with Crippen LogP contribution in [-0.4, -0.2) is 30.8 Å². The number of hydrogen-bond donors (Lipinski definition) is 2. The monoisotopic (exact) mass is 329 g/mol. The van der Waals surface area contributed by atoms with Crippen molar-refractivity contribution in [2.24, 2.45) is 5.92 Å². The molecule has 0 aromatic heterocycles. The van der Waals surface area contributed by atoms with E-state index in [1.54, 1.807) is 7.11 Å². The zero-order chi connectivity index (χ0) is 13.0. The average Bonchev–Trinajstić information content (AvgIpc) is 2.40. The number of methoxy groups -OCH3 is 1. The fourth-order valence-corrected chi connectivity index (χ4v) is 2.48. The van der Waals surface area contributed by atoms with Gasteiger partial charge in [-0.2, -0.15) is 0 Å². The molecule has 0 saturated carbocycles. The molecule has 0 bridgehead atoms. The van der Waals surface area contributed by atoms with Gasteiger partial charge in [0, 0.05) is 6.04 Å². The van der Waals surface area contributed by atoms with E-state index < -0.39 is 5.97 Å². The van der Waals surface area contributed by atoms with E-state index >= 15 is 0 Å². The lowest BCUT2D eigenvalue weighted by atomic mass is 9.87. The fourth-order valence-electron chi connectivity index (χ4n) is 2.48. The van der Waals surface area contributed by atoms with E-state index in [4.69, 9.17) is 4.74 Å². The Balaban J connectivity index is 0.00000180. The van der Waals surface area contributed by atoms with Crippen LogP contribution in [0, 0.1) is 5.92 Å². The molecule has 2 rings (SSSR count). The lowest BCUT2D eigenvalue weighted by Gasteiger charge is -2.29. The van der Waals surface area contributed by atoms with Crippen molar-refractivity contribution in [3.05, 3.63) is 29.8 Å². The molecule has 0 aliphatic carbocycles. The molecule has 1 saturated heterocycles. The molecule has 4 nitrogen and oxygen atoms in total. The zero-order valence-electron chi connectivity index (χ0n) is 11.0. The maximum absolute atomic E-state index is 11.2. The molecular formula is C14H20BrNO3. The van der Waals surface area contributed by atoms with Crippen molar-refractivity contribution in [1.29, 1.82) is 0 Å². The molecule has 0 unspecified atom stereocenters. The summed E-state index contributed by atoms with van der Waals surface area (Å²) in [5.41, 5.74) is 1.14. The summed E-state index contributed by atoms with van der Waals surface area (Å²) in [6.07, 6.45) is 2.46. The molecule has 2 atom stereocenters. The van der Waals surface area contributed by atoms with Crippen LogP contribution in [0.3, 0.4) is 0 Å². The first kappa shape index (κ1) is 16.0. The highest BCUT2D eigenvalue weighted by Crippen LogP contribution is 2.21. The van der Waals surface area contributed by atoms with E-state index in [9.17, 15) is 9.90 Å². The second-order valence-electron chi connectivity index (χ2n) is 4.70. The van der Waals surface area contributed by atoms with Crippen molar-refractivity contribution in [3.63, 3.8) is 0 Å². The second kappa shape index (κ2) is 7.50. The van der Waals surface area contributed by atoms with Crippen molar-refractivity contribution in [3.8, 4) is 5.75 Å². The Bertz CT molecular complexity index is 408. The summed E-state index contributed by atoms with van der Waals surface area (Å²) in [7, 11) is 1.64. The topological polar surface area (TPSA) is 58.6 Å². The van der Waals surface area contributed by atoms with E-state index in [2.05, 4.69) is 5.32 Å². The number of ether oxygens (including phenoxy) is 1. The zero-order valence-corrected chi connectivity index (χ0v) is 12.7. The number of nitrogens with one attached hydrogen (secondary N) is 1. The number of carbonyl (C=O) groups is 1. The Kier molecular flexibility index (Phi) is 6.31. The number of aliphatic carboxylic acids is 1. The van der Waals surface area contributed by atoms with E-state index in [0.717, 1.165) is 37.1 Å². The van der Waals surface area contributed by atoms with Gasteiger partial charge in [0.15, 0.2) is 0 Å². The van der Waals surface area contributed by atoms with Crippen LogP contribution in [0.5, 0.6) is 5.75 Å². The molecule has 1 aromatic carbocycles. The van der Waals surface area contributed by atoms with Crippen LogP contribution in [0.25, 0.3) is 0 Å². The molecule has 19 heavy (non-hydrogen) atoms. The van der Waals surface area contributed by atoms with Crippen molar-refractivity contribution >= 4 is 23.0 Å². The number of piperidine rings is 1. The lowest BCUT2D eigenvalue weighted by Crippen LogP contribution is -2.46. The first-order chi connectivity index (χ1) is 8.70. The van der Waals surface area contributed by atoms with Gasteiger partial charge in [-0.1, -0.05) is 12.1 Å². The lowest BCUT2D eigenvalue weighted by molar-refractivity contribution is -0.143. The van der Waals surface area contributed by atoms with Crippen molar-refractivity contribution in [1.82, 2.24) is 5.32 Å². The number of carboxylic acid groups (broad SMARTS) is 1. The largest absolute Gasteiger partial charge is 0.497 e. The third kappa shape index (κ3) is 4.21. The van der Waals surface area contributed by atoms with Crippen LogP contribution < -0.4 is 10.1 Å². The minimum absolute atomic E-state index is 0. The van der Waals surface area contributed by atoms with Crippen molar-refractivity contribution in [2.45, 2.75) is 25.3 Å². The summed E-state index contributed by atoms with van der Waals surface area (Å²) in [6, 6.07) is 7.84. The Hall–Kier alpha value is -1.07. The predicted octanol–water partition coefficient (Wildman–Crippen LogP) is 2.27. The van der Waals surface area contributed by atoms with E-state index in [-0.39, 0.29) is 28.9 Å². The molecule has 0 radical (unpaired) electrons. The summed E-state index contributed by atoms with van der Waals surface area (Å²) in [6.45, 7) is 0.907. The Morgan fingerprint density at radius 1 is 1.42 bits per heavy atom. The SMILES string of the molecule is Br.COc1ccc(C[C@H]2NCCC[C@H]2C(=O)O)cc1. The van der Waals surface area contributed by atoms with E-state index in [1.807, 2.05) is 24.3 Å². The van der Waals surface area contributed by atoms with Gasteiger partial charge < -0.3 is 15.2 Å². The maximum atomic E-state index is 11.2. The summed E-state index contributed by atoms with van der Waals surface area (Å²) < 4.78 is 5.11. The minimum atomic E-state index is -0.694. The molecule has 1 aliphatic rings. The third-order valence-corrected chi connectivity index (χ3v) is 3.52. The summed E-state index contributed by atoms with van der Waals surface area (Å²) >= 11 is 0.